The number of hydrogen-bond acceptors (Lipinski definition) is 6. The fraction of sp³-hybridized carbons (Fsp3) is 0.650. The Kier molecular flexibility index (Phi) is 6.28. The molecule has 1 aromatic carbocycles. The molecule has 0 N–H and O–H groups in total. The number of hydrogen-bond donors (Lipinski definition) is 0. The number of ketones is 1. The lowest BCUT2D eigenvalue weighted by molar-refractivity contribution is -0.00440. The molecule has 26 heavy (non-hydrogen) atoms. The number of Topliss-reactive ketones (excluding diaryl/α,β-unsaturated/α-hetero) is 1. The zero-order valence-electron chi connectivity index (χ0n) is 16.5. The number of rotatable bonds is 5. The van der Waals surface area contributed by atoms with Crippen LogP contribution < -0.4 is 4.90 Å². The molecule has 3 rings (SSSR count). The molecule has 6 heteroatoms. The van der Waals surface area contributed by atoms with Gasteiger partial charge in [0.05, 0.1) is 18.8 Å². The van der Waals surface area contributed by atoms with Crippen molar-refractivity contribution in [2.45, 2.75) is 24.3 Å². The van der Waals surface area contributed by atoms with Crippen molar-refractivity contribution in [1.29, 1.82) is 0 Å². The van der Waals surface area contributed by atoms with Crippen molar-refractivity contribution in [3.63, 3.8) is 0 Å². The van der Waals surface area contributed by atoms with Crippen LogP contribution in [-0.2, 0) is 4.74 Å². The van der Waals surface area contributed by atoms with Gasteiger partial charge in [0.25, 0.3) is 0 Å². The van der Waals surface area contributed by atoms with Gasteiger partial charge in [-0.15, -0.1) is 11.8 Å². The van der Waals surface area contributed by atoms with E-state index in [0.29, 0.717) is 13.2 Å². The monoisotopic (exact) mass is 377 g/mol. The molecule has 0 bridgehead atoms. The minimum absolute atomic E-state index is 0.202. The molecular weight excluding hydrogens is 346 g/mol. The molecule has 1 aromatic rings. The number of morpholine rings is 1. The van der Waals surface area contributed by atoms with Gasteiger partial charge in [0.15, 0.2) is 5.78 Å². The molecule has 2 saturated heterocycles. The lowest BCUT2D eigenvalue weighted by Crippen LogP contribution is -2.54. The van der Waals surface area contributed by atoms with Crippen LogP contribution in [0.1, 0.15) is 24.2 Å². The van der Waals surface area contributed by atoms with E-state index < -0.39 is 5.54 Å². The van der Waals surface area contributed by atoms with Gasteiger partial charge in [0, 0.05) is 55.4 Å². The van der Waals surface area contributed by atoms with Crippen molar-refractivity contribution in [2.24, 2.45) is 0 Å². The van der Waals surface area contributed by atoms with Gasteiger partial charge in [0.1, 0.15) is 0 Å². The van der Waals surface area contributed by atoms with Gasteiger partial charge in [-0.05, 0) is 45.4 Å². The SMILES string of the molecule is CSc1cc(N2CCN(C)CC2)ccc1C(=O)C(C)(C)N1CCOCC1. The van der Waals surface area contributed by atoms with Crippen molar-refractivity contribution >= 4 is 23.2 Å². The number of anilines is 1. The molecule has 0 aliphatic carbocycles. The van der Waals surface area contributed by atoms with Crippen molar-refractivity contribution in [1.82, 2.24) is 9.80 Å². The largest absolute Gasteiger partial charge is 0.379 e. The van der Waals surface area contributed by atoms with Gasteiger partial charge < -0.3 is 14.5 Å². The predicted octanol–water partition coefficient (Wildman–Crippen LogP) is 2.45. The number of thioether (sulfide) groups is 1. The molecule has 0 atom stereocenters. The summed E-state index contributed by atoms with van der Waals surface area (Å²) in [7, 11) is 2.17. The summed E-state index contributed by atoms with van der Waals surface area (Å²) in [6.45, 7) is 11.4. The van der Waals surface area contributed by atoms with E-state index >= 15 is 0 Å². The average molecular weight is 378 g/mol. The van der Waals surface area contributed by atoms with Crippen LogP contribution in [0.4, 0.5) is 5.69 Å². The highest BCUT2D eigenvalue weighted by atomic mass is 32.2. The maximum Gasteiger partial charge on any atom is 0.183 e. The topological polar surface area (TPSA) is 36.0 Å². The lowest BCUT2D eigenvalue weighted by atomic mass is 9.90. The Morgan fingerprint density at radius 2 is 1.73 bits per heavy atom. The van der Waals surface area contributed by atoms with Crippen LogP contribution in [0.15, 0.2) is 23.1 Å². The molecule has 0 spiro atoms. The molecule has 0 radical (unpaired) electrons. The van der Waals surface area contributed by atoms with Crippen LogP contribution >= 0.6 is 11.8 Å². The molecule has 144 valence electrons. The van der Waals surface area contributed by atoms with Crippen molar-refractivity contribution in [3.8, 4) is 0 Å². The van der Waals surface area contributed by atoms with E-state index in [0.717, 1.165) is 49.7 Å². The second kappa shape index (κ2) is 8.30. The summed E-state index contributed by atoms with van der Waals surface area (Å²) >= 11 is 1.66. The molecular formula is C20H31N3O2S. The number of benzene rings is 1. The van der Waals surface area contributed by atoms with Gasteiger partial charge in [0.2, 0.25) is 0 Å². The van der Waals surface area contributed by atoms with Crippen LogP contribution in [0.5, 0.6) is 0 Å². The van der Waals surface area contributed by atoms with E-state index in [4.69, 9.17) is 4.74 Å². The van der Waals surface area contributed by atoms with Crippen LogP contribution in [0.2, 0.25) is 0 Å². The highest BCUT2D eigenvalue weighted by Crippen LogP contribution is 2.31. The van der Waals surface area contributed by atoms with Crippen LogP contribution in [-0.4, -0.2) is 86.9 Å². The Morgan fingerprint density at radius 3 is 2.35 bits per heavy atom. The van der Waals surface area contributed by atoms with Crippen LogP contribution in [0.3, 0.4) is 0 Å². The third-order valence-electron chi connectivity index (χ3n) is 5.66. The Labute approximate surface area is 161 Å². The lowest BCUT2D eigenvalue weighted by Gasteiger charge is -2.40. The van der Waals surface area contributed by atoms with E-state index in [-0.39, 0.29) is 5.78 Å². The van der Waals surface area contributed by atoms with E-state index in [9.17, 15) is 4.79 Å². The molecule has 0 unspecified atom stereocenters. The summed E-state index contributed by atoms with van der Waals surface area (Å²) < 4.78 is 5.45. The maximum atomic E-state index is 13.4. The Hall–Kier alpha value is -1.08. The number of carbonyl (C=O) groups is 1. The fourth-order valence-electron chi connectivity index (χ4n) is 3.72. The second-order valence-electron chi connectivity index (χ2n) is 7.66. The first-order valence-corrected chi connectivity index (χ1v) is 10.6. The van der Waals surface area contributed by atoms with Gasteiger partial charge in [-0.2, -0.15) is 0 Å². The van der Waals surface area contributed by atoms with Gasteiger partial charge in [-0.25, -0.2) is 0 Å². The normalized spacial score (nSPS) is 20.4. The highest BCUT2D eigenvalue weighted by Gasteiger charge is 2.37. The summed E-state index contributed by atoms with van der Waals surface area (Å²) in [6.07, 6.45) is 2.06. The average Bonchev–Trinajstić information content (AvgIpc) is 2.68. The predicted molar refractivity (Wildman–Crippen MR) is 109 cm³/mol. The number of likely N-dealkylation sites (N-methyl/N-ethyl adjacent to an activating group) is 1. The zero-order chi connectivity index (χ0) is 18.7. The summed E-state index contributed by atoms with van der Waals surface area (Å²) in [6, 6.07) is 6.34. The number of ether oxygens (including phenoxy) is 1. The minimum atomic E-state index is -0.510. The molecule has 2 aliphatic rings. The summed E-state index contributed by atoms with van der Waals surface area (Å²) in [4.78, 5) is 21.5. The molecule has 2 heterocycles. The van der Waals surface area contributed by atoms with Crippen molar-refractivity contribution < 1.29 is 9.53 Å². The number of piperazine rings is 1. The van der Waals surface area contributed by atoms with Gasteiger partial charge in [-0.3, -0.25) is 9.69 Å². The quantitative estimate of drug-likeness (QED) is 0.579. The van der Waals surface area contributed by atoms with Crippen LogP contribution in [0.25, 0.3) is 0 Å². The molecule has 2 fully saturated rings. The van der Waals surface area contributed by atoms with Gasteiger partial charge >= 0.3 is 0 Å². The first kappa shape index (κ1) is 19.7. The van der Waals surface area contributed by atoms with E-state index in [2.05, 4.69) is 40.1 Å². The van der Waals surface area contributed by atoms with Crippen molar-refractivity contribution in [2.75, 3.05) is 70.7 Å². The minimum Gasteiger partial charge on any atom is -0.379 e. The van der Waals surface area contributed by atoms with Crippen LogP contribution in [0, 0.1) is 0 Å². The third-order valence-corrected chi connectivity index (χ3v) is 6.43. The summed E-state index contributed by atoms with van der Waals surface area (Å²) in [5.74, 6) is 0.202. The first-order valence-electron chi connectivity index (χ1n) is 9.42. The molecule has 2 aliphatic heterocycles. The smallest absolute Gasteiger partial charge is 0.183 e. The third kappa shape index (κ3) is 4.09. The van der Waals surface area contributed by atoms with Crippen molar-refractivity contribution in [3.05, 3.63) is 23.8 Å². The standard InChI is InChI=1S/C20H31N3O2S/c1-20(2,23-11-13-25-14-12-23)19(24)17-6-5-16(15-18(17)26-4)22-9-7-21(3)8-10-22/h5-6,15H,7-14H2,1-4H3. The number of carbonyl (C=O) groups excluding carboxylic acids is 1. The Morgan fingerprint density at radius 1 is 1.08 bits per heavy atom. The second-order valence-corrected chi connectivity index (χ2v) is 8.51. The zero-order valence-corrected chi connectivity index (χ0v) is 17.3. The summed E-state index contributed by atoms with van der Waals surface area (Å²) in [5.41, 5.74) is 1.55. The molecule has 5 nitrogen and oxygen atoms in total. The Bertz CT molecular complexity index is 636. The van der Waals surface area contributed by atoms with E-state index in [1.807, 2.05) is 19.9 Å². The van der Waals surface area contributed by atoms with E-state index in [1.165, 1.54) is 5.69 Å². The highest BCUT2D eigenvalue weighted by molar-refractivity contribution is 7.98. The molecule has 0 saturated carbocycles. The maximum absolute atomic E-state index is 13.4. The number of nitrogens with zero attached hydrogens (tertiary/aromatic N) is 3. The van der Waals surface area contributed by atoms with E-state index in [1.54, 1.807) is 11.8 Å². The summed E-state index contributed by atoms with van der Waals surface area (Å²) in [5, 5.41) is 0. The fourth-order valence-corrected chi connectivity index (χ4v) is 4.34. The first-order chi connectivity index (χ1) is 12.4. The molecule has 0 aromatic heterocycles. The van der Waals surface area contributed by atoms with Gasteiger partial charge in [-0.1, -0.05) is 0 Å². The Balaban J connectivity index is 1.81. The molecule has 0 amide bonds.